The first-order valence-electron chi connectivity index (χ1n) is 6.81. The Labute approximate surface area is 119 Å². The molecule has 1 aromatic carbocycles. The van der Waals surface area contributed by atoms with Gasteiger partial charge >= 0.3 is 0 Å². The minimum absolute atomic E-state index is 0.691. The Kier molecular flexibility index (Phi) is 5.50. The van der Waals surface area contributed by atoms with E-state index in [2.05, 4.69) is 5.32 Å². The molecule has 0 aliphatic rings. The third kappa shape index (κ3) is 4.63. The lowest BCUT2D eigenvalue weighted by molar-refractivity contribution is 0.306. The largest absolute Gasteiger partial charge is 0.497 e. The van der Waals surface area contributed by atoms with Crippen molar-refractivity contribution in [1.29, 1.82) is 0 Å². The van der Waals surface area contributed by atoms with Crippen LogP contribution in [0.25, 0.3) is 0 Å². The second kappa shape index (κ2) is 7.60. The van der Waals surface area contributed by atoms with Gasteiger partial charge in [0.15, 0.2) is 0 Å². The zero-order valence-electron chi connectivity index (χ0n) is 12.0. The Bertz CT molecular complexity index is 505. The Hall–Kier alpha value is -1.94. The second-order valence-electron chi connectivity index (χ2n) is 4.57. The van der Waals surface area contributed by atoms with Gasteiger partial charge in [-0.1, -0.05) is 0 Å². The number of aryl methyl sites for hydroxylation is 1. The SMILES string of the molecule is COc1ccc(OCCCNCc2ccc(C)o2)cc1. The van der Waals surface area contributed by atoms with E-state index in [4.69, 9.17) is 13.9 Å². The average Bonchev–Trinajstić information content (AvgIpc) is 2.89. The first kappa shape index (κ1) is 14.5. The number of hydrogen-bond donors (Lipinski definition) is 1. The molecule has 4 heteroatoms. The number of hydrogen-bond acceptors (Lipinski definition) is 4. The highest BCUT2D eigenvalue weighted by atomic mass is 16.5. The number of furan rings is 1. The first-order valence-corrected chi connectivity index (χ1v) is 6.81. The second-order valence-corrected chi connectivity index (χ2v) is 4.57. The zero-order valence-corrected chi connectivity index (χ0v) is 12.0. The first-order chi connectivity index (χ1) is 9.78. The van der Waals surface area contributed by atoms with Gasteiger partial charge < -0.3 is 19.2 Å². The Morgan fingerprint density at radius 1 is 1.05 bits per heavy atom. The molecule has 0 saturated carbocycles. The van der Waals surface area contributed by atoms with Crippen molar-refractivity contribution in [2.45, 2.75) is 19.9 Å². The van der Waals surface area contributed by atoms with E-state index in [9.17, 15) is 0 Å². The molecule has 20 heavy (non-hydrogen) atoms. The highest BCUT2D eigenvalue weighted by Gasteiger charge is 1.98. The van der Waals surface area contributed by atoms with E-state index >= 15 is 0 Å². The Morgan fingerprint density at radius 3 is 2.45 bits per heavy atom. The average molecular weight is 275 g/mol. The molecule has 0 bridgehead atoms. The minimum atomic E-state index is 0.691. The van der Waals surface area contributed by atoms with Gasteiger partial charge in [-0.2, -0.15) is 0 Å². The molecule has 0 saturated heterocycles. The van der Waals surface area contributed by atoms with Gasteiger partial charge in [0.25, 0.3) is 0 Å². The molecule has 1 aromatic heterocycles. The van der Waals surface area contributed by atoms with Crippen LogP contribution in [0.3, 0.4) is 0 Å². The van der Waals surface area contributed by atoms with Gasteiger partial charge in [-0.25, -0.2) is 0 Å². The van der Waals surface area contributed by atoms with E-state index in [1.807, 2.05) is 43.3 Å². The third-order valence-electron chi connectivity index (χ3n) is 2.92. The van der Waals surface area contributed by atoms with Crippen LogP contribution in [0.4, 0.5) is 0 Å². The highest BCUT2D eigenvalue weighted by Crippen LogP contribution is 2.16. The maximum absolute atomic E-state index is 5.64. The van der Waals surface area contributed by atoms with Crippen molar-refractivity contribution in [3.8, 4) is 11.5 Å². The predicted octanol–water partition coefficient (Wildman–Crippen LogP) is 3.16. The van der Waals surface area contributed by atoms with E-state index in [-0.39, 0.29) is 0 Å². The van der Waals surface area contributed by atoms with Gasteiger partial charge in [-0.15, -0.1) is 0 Å². The molecule has 0 unspecified atom stereocenters. The molecule has 0 amide bonds. The summed E-state index contributed by atoms with van der Waals surface area (Å²) < 4.78 is 16.2. The van der Waals surface area contributed by atoms with Crippen LogP contribution < -0.4 is 14.8 Å². The van der Waals surface area contributed by atoms with Crippen molar-refractivity contribution < 1.29 is 13.9 Å². The van der Waals surface area contributed by atoms with E-state index in [1.54, 1.807) is 7.11 Å². The van der Waals surface area contributed by atoms with Crippen molar-refractivity contribution in [3.05, 3.63) is 47.9 Å². The van der Waals surface area contributed by atoms with Crippen LogP contribution in [0.2, 0.25) is 0 Å². The molecule has 0 aliphatic heterocycles. The summed E-state index contributed by atoms with van der Waals surface area (Å²) in [7, 11) is 1.65. The van der Waals surface area contributed by atoms with Gasteiger partial charge in [-0.3, -0.25) is 0 Å². The van der Waals surface area contributed by atoms with Crippen molar-refractivity contribution in [1.82, 2.24) is 5.32 Å². The Balaban J connectivity index is 1.57. The van der Waals surface area contributed by atoms with E-state index in [0.29, 0.717) is 6.61 Å². The summed E-state index contributed by atoms with van der Waals surface area (Å²) >= 11 is 0. The highest BCUT2D eigenvalue weighted by molar-refractivity contribution is 5.31. The molecule has 4 nitrogen and oxygen atoms in total. The smallest absolute Gasteiger partial charge is 0.119 e. The minimum Gasteiger partial charge on any atom is -0.497 e. The fraction of sp³-hybridized carbons (Fsp3) is 0.375. The molecule has 0 atom stereocenters. The fourth-order valence-corrected chi connectivity index (χ4v) is 1.85. The molecule has 108 valence electrons. The summed E-state index contributed by atoms with van der Waals surface area (Å²) in [6.45, 7) is 4.30. The maximum atomic E-state index is 5.64. The number of nitrogens with one attached hydrogen (secondary N) is 1. The summed E-state index contributed by atoms with van der Waals surface area (Å²) in [5.41, 5.74) is 0. The van der Waals surface area contributed by atoms with E-state index in [1.165, 1.54) is 0 Å². The van der Waals surface area contributed by atoms with Crippen LogP contribution in [0, 0.1) is 6.92 Å². The molecule has 0 spiro atoms. The van der Waals surface area contributed by atoms with E-state index < -0.39 is 0 Å². The Morgan fingerprint density at radius 2 is 1.80 bits per heavy atom. The monoisotopic (exact) mass is 275 g/mol. The van der Waals surface area contributed by atoms with Gasteiger partial charge in [0.1, 0.15) is 23.0 Å². The molecule has 1 N–H and O–H groups in total. The van der Waals surface area contributed by atoms with E-state index in [0.717, 1.165) is 42.5 Å². The molecule has 0 aliphatic carbocycles. The number of methoxy groups -OCH3 is 1. The lowest BCUT2D eigenvalue weighted by Crippen LogP contribution is -2.16. The summed E-state index contributed by atoms with van der Waals surface area (Å²) in [5.74, 6) is 3.63. The molecule has 0 fully saturated rings. The zero-order chi connectivity index (χ0) is 14.2. The molecule has 1 heterocycles. The van der Waals surface area contributed by atoms with Gasteiger partial charge in [-0.05, 0) is 56.3 Å². The summed E-state index contributed by atoms with van der Waals surface area (Å²) in [6, 6.07) is 11.6. The lowest BCUT2D eigenvalue weighted by Gasteiger charge is -2.07. The number of ether oxygens (including phenoxy) is 2. The molecule has 2 aromatic rings. The predicted molar refractivity (Wildman–Crippen MR) is 78.3 cm³/mol. The van der Waals surface area contributed by atoms with Crippen LogP contribution in [0.1, 0.15) is 17.9 Å². The lowest BCUT2D eigenvalue weighted by atomic mass is 10.3. The standard InChI is InChI=1S/C16H21NO3/c1-13-4-5-16(20-13)12-17-10-3-11-19-15-8-6-14(18-2)7-9-15/h4-9,17H,3,10-12H2,1-2H3. The fourth-order valence-electron chi connectivity index (χ4n) is 1.85. The van der Waals surface area contributed by atoms with Crippen LogP contribution in [-0.2, 0) is 6.54 Å². The quantitative estimate of drug-likeness (QED) is 0.752. The van der Waals surface area contributed by atoms with Crippen LogP contribution in [0.15, 0.2) is 40.8 Å². The molecular weight excluding hydrogens is 254 g/mol. The van der Waals surface area contributed by atoms with Crippen molar-refractivity contribution >= 4 is 0 Å². The molecule has 0 radical (unpaired) electrons. The summed E-state index contributed by atoms with van der Waals surface area (Å²) in [5, 5.41) is 3.33. The van der Waals surface area contributed by atoms with Crippen LogP contribution in [-0.4, -0.2) is 20.3 Å². The van der Waals surface area contributed by atoms with Gasteiger partial charge in [0, 0.05) is 0 Å². The van der Waals surface area contributed by atoms with Gasteiger partial charge in [0.2, 0.25) is 0 Å². The van der Waals surface area contributed by atoms with Gasteiger partial charge in [0.05, 0.1) is 20.3 Å². The van der Waals surface area contributed by atoms with Crippen molar-refractivity contribution in [2.75, 3.05) is 20.3 Å². The van der Waals surface area contributed by atoms with Crippen LogP contribution >= 0.6 is 0 Å². The number of rotatable bonds is 8. The normalized spacial score (nSPS) is 10.5. The van der Waals surface area contributed by atoms with Crippen LogP contribution in [0.5, 0.6) is 11.5 Å². The third-order valence-corrected chi connectivity index (χ3v) is 2.92. The maximum Gasteiger partial charge on any atom is 0.119 e. The molecular formula is C16H21NO3. The number of benzene rings is 1. The van der Waals surface area contributed by atoms with Crippen molar-refractivity contribution in [3.63, 3.8) is 0 Å². The summed E-state index contributed by atoms with van der Waals surface area (Å²) in [6.07, 6.45) is 0.950. The summed E-state index contributed by atoms with van der Waals surface area (Å²) in [4.78, 5) is 0. The van der Waals surface area contributed by atoms with Crippen molar-refractivity contribution in [2.24, 2.45) is 0 Å². The molecule has 2 rings (SSSR count). The topological polar surface area (TPSA) is 43.6 Å².